The minimum absolute atomic E-state index is 0. The lowest BCUT2D eigenvalue weighted by Gasteiger charge is -2.17. The predicted molar refractivity (Wildman–Crippen MR) is 74.2 cm³/mol. The highest BCUT2D eigenvalue weighted by atomic mass is 35.5. The van der Waals surface area contributed by atoms with Crippen LogP contribution in [0.2, 0.25) is 0 Å². The molecule has 0 fully saturated rings. The van der Waals surface area contributed by atoms with Crippen molar-refractivity contribution in [2.45, 2.75) is 16.7 Å². The van der Waals surface area contributed by atoms with Gasteiger partial charge < -0.3 is 11.1 Å². The number of carbonyl (C=O) groups is 1. The first-order valence-electron chi connectivity index (χ1n) is 5.61. The molecule has 3 N–H and O–H groups in total. The summed E-state index contributed by atoms with van der Waals surface area (Å²) in [5.41, 5.74) is 5.83. The summed E-state index contributed by atoms with van der Waals surface area (Å²) in [6.45, 7) is -1.46. The topological polar surface area (TPSA) is 55.1 Å². The molecule has 7 heteroatoms. The average Bonchev–Trinajstić information content (AvgIpc) is 2.80. The lowest BCUT2D eigenvalue weighted by atomic mass is 10.0. The molecular formula is C12H15ClF2N2OS. The molecule has 0 bridgehead atoms. The van der Waals surface area contributed by atoms with E-state index in [2.05, 4.69) is 5.32 Å². The zero-order valence-corrected chi connectivity index (χ0v) is 11.7. The van der Waals surface area contributed by atoms with E-state index in [4.69, 9.17) is 5.73 Å². The fraction of sp³-hybridized carbons (Fsp3) is 0.417. The number of carbonyl (C=O) groups excluding carboxylic acids is 1. The Bertz CT molecular complexity index is 459. The molecule has 1 aromatic carbocycles. The van der Waals surface area contributed by atoms with Gasteiger partial charge in [-0.1, -0.05) is 18.2 Å². The third-order valence-corrected chi connectivity index (χ3v) is 4.02. The van der Waals surface area contributed by atoms with E-state index in [0.717, 1.165) is 10.5 Å². The van der Waals surface area contributed by atoms with Crippen molar-refractivity contribution in [2.75, 3.05) is 18.8 Å². The van der Waals surface area contributed by atoms with Gasteiger partial charge in [0.15, 0.2) is 0 Å². The Morgan fingerprint density at radius 2 is 2.16 bits per heavy atom. The molecule has 0 spiro atoms. The number of fused-ring (bicyclic) bond motifs is 1. The van der Waals surface area contributed by atoms with Crippen molar-refractivity contribution >= 4 is 30.1 Å². The molecule has 0 saturated heterocycles. The maximum Gasteiger partial charge on any atom is 0.277 e. The molecule has 1 amide bonds. The second-order valence-corrected chi connectivity index (χ2v) is 5.24. The van der Waals surface area contributed by atoms with Crippen molar-refractivity contribution in [3.05, 3.63) is 29.8 Å². The molecule has 106 valence electrons. The van der Waals surface area contributed by atoms with Crippen molar-refractivity contribution in [1.29, 1.82) is 0 Å². The van der Waals surface area contributed by atoms with Gasteiger partial charge in [0.1, 0.15) is 0 Å². The zero-order chi connectivity index (χ0) is 13.2. The Morgan fingerprint density at radius 1 is 1.47 bits per heavy atom. The van der Waals surface area contributed by atoms with Crippen LogP contribution in [0.3, 0.4) is 0 Å². The average molecular weight is 309 g/mol. The summed E-state index contributed by atoms with van der Waals surface area (Å²) in [5.74, 6) is -3.15. The highest BCUT2D eigenvalue weighted by Gasteiger charge is 2.32. The predicted octanol–water partition coefficient (Wildman–Crippen LogP) is 2.01. The minimum atomic E-state index is -3.04. The van der Waals surface area contributed by atoms with E-state index in [0.29, 0.717) is 5.75 Å². The van der Waals surface area contributed by atoms with Gasteiger partial charge in [0.05, 0.1) is 19.0 Å². The van der Waals surface area contributed by atoms with Crippen molar-refractivity contribution in [3.8, 4) is 0 Å². The number of thioether (sulfide) groups is 1. The van der Waals surface area contributed by atoms with Gasteiger partial charge >= 0.3 is 0 Å². The molecule has 1 aromatic rings. The fourth-order valence-corrected chi connectivity index (χ4v) is 3.02. The van der Waals surface area contributed by atoms with Gasteiger partial charge in [-0.2, -0.15) is 0 Å². The van der Waals surface area contributed by atoms with Crippen LogP contribution in [-0.2, 0) is 4.79 Å². The molecule has 1 atom stereocenters. The van der Waals surface area contributed by atoms with Gasteiger partial charge in [0.25, 0.3) is 5.92 Å². The SMILES string of the molecule is Cl.NCC(F)(F)CNC(=O)C1CSc2ccccc21. The molecule has 1 unspecified atom stereocenters. The number of amides is 1. The summed E-state index contributed by atoms with van der Waals surface area (Å²) in [6.07, 6.45) is 0. The normalized spacial score (nSPS) is 17.5. The van der Waals surface area contributed by atoms with Gasteiger partial charge in [-0.25, -0.2) is 8.78 Å². The molecule has 1 heterocycles. The minimum Gasteiger partial charge on any atom is -0.349 e. The van der Waals surface area contributed by atoms with Crippen LogP contribution in [0.4, 0.5) is 8.78 Å². The van der Waals surface area contributed by atoms with E-state index in [-0.39, 0.29) is 24.2 Å². The van der Waals surface area contributed by atoms with E-state index < -0.39 is 19.0 Å². The molecule has 0 aliphatic carbocycles. The third kappa shape index (κ3) is 3.81. The van der Waals surface area contributed by atoms with Crippen molar-refractivity contribution in [2.24, 2.45) is 5.73 Å². The van der Waals surface area contributed by atoms with E-state index in [1.807, 2.05) is 24.3 Å². The van der Waals surface area contributed by atoms with E-state index in [9.17, 15) is 13.6 Å². The van der Waals surface area contributed by atoms with Crippen molar-refractivity contribution in [1.82, 2.24) is 5.32 Å². The summed E-state index contributed by atoms with van der Waals surface area (Å²) in [5, 5.41) is 2.27. The second kappa shape index (κ2) is 6.54. The number of rotatable bonds is 4. The van der Waals surface area contributed by atoms with Gasteiger partial charge in [0.2, 0.25) is 5.91 Å². The summed E-state index contributed by atoms with van der Waals surface area (Å²) in [7, 11) is 0. The monoisotopic (exact) mass is 308 g/mol. The van der Waals surface area contributed by atoms with Crippen molar-refractivity contribution < 1.29 is 13.6 Å². The van der Waals surface area contributed by atoms with Gasteiger partial charge in [-0.3, -0.25) is 4.79 Å². The number of benzene rings is 1. The quantitative estimate of drug-likeness (QED) is 0.894. The molecule has 2 rings (SSSR count). The second-order valence-electron chi connectivity index (χ2n) is 4.18. The van der Waals surface area contributed by atoms with E-state index in [1.54, 1.807) is 11.8 Å². The zero-order valence-electron chi connectivity index (χ0n) is 10.1. The third-order valence-electron chi connectivity index (χ3n) is 2.84. The summed E-state index contributed by atoms with van der Waals surface area (Å²) >= 11 is 1.57. The first-order chi connectivity index (χ1) is 8.53. The maximum absolute atomic E-state index is 13.0. The molecular weight excluding hydrogens is 294 g/mol. The molecule has 19 heavy (non-hydrogen) atoms. The molecule has 0 radical (unpaired) electrons. The summed E-state index contributed by atoms with van der Waals surface area (Å²) in [6, 6.07) is 7.54. The summed E-state index contributed by atoms with van der Waals surface area (Å²) in [4.78, 5) is 12.9. The van der Waals surface area contributed by atoms with E-state index in [1.165, 1.54) is 0 Å². The van der Waals surface area contributed by atoms with Crippen LogP contribution >= 0.6 is 24.2 Å². The first-order valence-corrected chi connectivity index (χ1v) is 6.59. The van der Waals surface area contributed by atoms with Crippen LogP contribution in [0.1, 0.15) is 11.5 Å². The Balaban J connectivity index is 0.00000180. The number of hydrogen-bond acceptors (Lipinski definition) is 3. The number of alkyl halides is 2. The maximum atomic E-state index is 13.0. The number of nitrogens with one attached hydrogen (secondary N) is 1. The highest BCUT2D eigenvalue weighted by Crippen LogP contribution is 2.39. The molecule has 1 aliphatic rings. The van der Waals surface area contributed by atoms with Gasteiger partial charge in [0, 0.05) is 10.6 Å². The van der Waals surface area contributed by atoms with Crippen LogP contribution in [0.25, 0.3) is 0 Å². The van der Waals surface area contributed by atoms with Crippen LogP contribution in [-0.4, -0.2) is 30.7 Å². The highest BCUT2D eigenvalue weighted by molar-refractivity contribution is 7.99. The standard InChI is InChI=1S/C12H14F2N2OS.ClH/c13-12(14,6-15)7-16-11(17)9-5-18-10-4-2-1-3-8(9)10;/h1-4,9H,5-7,15H2,(H,16,17);1H. The lowest BCUT2D eigenvalue weighted by Crippen LogP contribution is -2.43. The number of halogens is 3. The van der Waals surface area contributed by atoms with Crippen LogP contribution < -0.4 is 11.1 Å². The van der Waals surface area contributed by atoms with Crippen LogP contribution in [0, 0.1) is 0 Å². The Morgan fingerprint density at radius 3 is 2.84 bits per heavy atom. The number of nitrogens with two attached hydrogens (primary N) is 1. The van der Waals surface area contributed by atoms with Crippen molar-refractivity contribution in [3.63, 3.8) is 0 Å². The molecule has 1 aliphatic heterocycles. The number of hydrogen-bond donors (Lipinski definition) is 2. The lowest BCUT2D eigenvalue weighted by molar-refractivity contribution is -0.123. The van der Waals surface area contributed by atoms with Gasteiger partial charge in [-0.15, -0.1) is 24.2 Å². The largest absolute Gasteiger partial charge is 0.349 e. The van der Waals surface area contributed by atoms with Crippen LogP contribution in [0.5, 0.6) is 0 Å². The Kier molecular flexibility index (Phi) is 5.58. The molecule has 0 aromatic heterocycles. The summed E-state index contributed by atoms with van der Waals surface area (Å²) < 4.78 is 25.9. The van der Waals surface area contributed by atoms with E-state index >= 15 is 0 Å². The molecule has 3 nitrogen and oxygen atoms in total. The fourth-order valence-electron chi connectivity index (χ4n) is 1.79. The molecule has 0 saturated carbocycles. The Hall–Kier alpha value is -0.850. The Labute approximate surface area is 120 Å². The first kappa shape index (κ1) is 16.2. The smallest absolute Gasteiger partial charge is 0.277 e. The van der Waals surface area contributed by atoms with Crippen LogP contribution in [0.15, 0.2) is 29.2 Å². The van der Waals surface area contributed by atoms with Gasteiger partial charge in [-0.05, 0) is 11.6 Å².